The van der Waals surface area contributed by atoms with Crippen LogP contribution < -0.4 is 32.7 Å². The van der Waals surface area contributed by atoms with Gasteiger partial charge in [-0.1, -0.05) is 12.1 Å². The van der Waals surface area contributed by atoms with Crippen LogP contribution in [0, 0.1) is 0 Å². The Morgan fingerprint density at radius 2 is 1.54 bits per heavy atom. The van der Waals surface area contributed by atoms with Gasteiger partial charge in [0.25, 0.3) is 0 Å². The molecule has 0 saturated carbocycles. The minimum Gasteiger partial charge on any atom is -0.508 e. The first-order valence-electron chi connectivity index (χ1n) is 11.7. The largest absolute Gasteiger partial charge is 0.508 e. The lowest BCUT2D eigenvalue weighted by molar-refractivity contribution is -0.142. The first-order valence-corrected chi connectivity index (χ1v) is 11.7. The summed E-state index contributed by atoms with van der Waals surface area (Å²) in [6.07, 6.45) is 0.0828. The second kappa shape index (κ2) is 13.8. The second-order valence-electron chi connectivity index (χ2n) is 8.72. The third-order valence-electron chi connectivity index (χ3n) is 5.72. The summed E-state index contributed by atoms with van der Waals surface area (Å²) >= 11 is 0. The Bertz CT molecular complexity index is 1010. The predicted molar refractivity (Wildman–Crippen MR) is 129 cm³/mol. The van der Waals surface area contributed by atoms with Gasteiger partial charge in [0.15, 0.2) is 0 Å². The van der Waals surface area contributed by atoms with E-state index in [1.165, 1.54) is 12.1 Å². The van der Waals surface area contributed by atoms with E-state index in [4.69, 9.17) is 11.5 Å². The number of benzene rings is 1. The third kappa shape index (κ3) is 9.76. The maximum atomic E-state index is 13.2. The van der Waals surface area contributed by atoms with Crippen molar-refractivity contribution < 1.29 is 39.0 Å². The van der Waals surface area contributed by atoms with Gasteiger partial charge in [-0.25, -0.2) is 4.79 Å². The molecule has 10 N–H and O–H groups in total. The highest BCUT2D eigenvalue weighted by Crippen LogP contribution is 2.13. The number of hydrogen-bond donors (Lipinski definition) is 8. The summed E-state index contributed by atoms with van der Waals surface area (Å²) in [4.78, 5) is 72.8. The third-order valence-corrected chi connectivity index (χ3v) is 5.72. The van der Waals surface area contributed by atoms with E-state index in [1.807, 2.05) is 0 Å². The number of amides is 5. The lowest BCUT2D eigenvalue weighted by atomic mass is 10.0. The molecule has 0 spiro atoms. The van der Waals surface area contributed by atoms with E-state index in [0.29, 0.717) is 18.5 Å². The Hall–Kier alpha value is -4.20. The quantitative estimate of drug-likeness (QED) is 0.128. The Kier molecular flexibility index (Phi) is 10.8. The summed E-state index contributed by atoms with van der Waals surface area (Å²) in [7, 11) is 0. The summed E-state index contributed by atoms with van der Waals surface area (Å²) in [5.74, 6) is -5.41. The molecule has 1 saturated heterocycles. The molecule has 5 amide bonds. The molecular formula is C23H32N6O8. The molecule has 1 fully saturated rings. The number of carboxylic acids is 1. The maximum Gasteiger partial charge on any atom is 0.326 e. The van der Waals surface area contributed by atoms with Crippen molar-refractivity contribution in [3.05, 3.63) is 29.8 Å². The van der Waals surface area contributed by atoms with Crippen molar-refractivity contribution in [2.45, 2.75) is 62.7 Å². The SMILES string of the molecule is NC(=O)CCC(NC(=O)C(CC(N)=O)NC(=O)C(Cc1ccc(O)cc1)NC(=O)C1CCCN1)C(=O)O. The highest BCUT2D eigenvalue weighted by atomic mass is 16.4. The van der Waals surface area contributed by atoms with Gasteiger partial charge in [-0.3, -0.25) is 24.0 Å². The molecule has 14 nitrogen and oxygen atoms in total. The smallest absolute Gasteiger partial charge is 0.326 e. The Labute approximate surface area is 212 Å². The number of nitrogens with two attached hydrogens (primary N) is 2. The van der Waals surface area contributed by atoms with Crippen LogP contribution in [0.25, 0.3) is 0 Å². The van der Waals surface area contributed by atoms with Crippen LogP contribution in [-0.2, 0) is 35.2 Å². The number of phenols is 1. The van der Waals surface area contributed by atoms with Gasteiger partial charge in [0.1, 0.15) is 23.9 Å². The zero-order valence-corrected chi connectivity index (χ0v) is 20.1. The second-order valence-corrected chi connectivity index (χ2v) is 8.72. The highest BCUT2D eigenvalue weighted by Gasteiger charge is 2.32. The van der Waals surface area contributed by atoms with Crippen LogP contribution >= 0.6 is 0 Å². The molecule has 4 atom stereocenters. The molecule has 0 aliphatic carbocycles. The lowest BCUT2D eigenvalue weighted by Crippen LogP contribution is -2.58. The molecule has 1 aliphatic rings. The molecule has 4 unspecified atom stereocenters. The summed E-state index contributed by atoms with van der Waals surface area (Å²) in [6, 6.07) is 1.20. The number of primary amides is 2. The fourth-order valence-corrected chi connectivity index (χ4v) is 3.76. The monoisotopic (exact) mass is 520 g/mol. The average Bonchev–Trinajstić information content (AvgIpc) is 3.36. The molecule has 0 bridgehead atoms. The minimum absolute atomic E-state index is 0.00598. The van der Waals surface area contributed by atoms with Crippen LogP contribution in [0.1, 0.15) is 37.7 Å². The normalized spacial score (nSPS) is 17.1. The van der Waals surface area contributed by atoms with Crippen LogP contribution in [0.2, 0.25) is 0 Å². The molecule has 0 radical (unpaired) electrons. The van der Waals surface area contributed by atoms with Crippen LogP contribution in [0.15, 0.2) is 24.3 Å². The number of aromatic hydroxyl groups is 1. The zero-order chi connectivity index (χ0) is 27.5. The van der Waals surface area contributed by atoms with Crippen LogP contribution in [0.4, 0.5) is 0 Å². The first kappa shape index (κ1) is 29.0. The van der Waals surface area contributed by atoms with Gasteiger partial charge in [-0.15, -0.1) is 0 Å². The average molecular weight is 521 g/mol. The molecule has 1 aliphatic heterocycles. The van der Waals surface area contributed by atoms with Gasteiger partial charge in [0, 0.05) is 12.8 Å². The van der Waals surface area contributed by atoms with Crippen LogP contribution in [-0.4, -0.2) is 76.4 Å². The number of carboxylic acid groups (broad SMARTS) is 1. The van der Waals surface area contributed by atoms with E-state index in [2.05, 4.69) is 21.3 Å². The number of nitrogens with one attached hydrogen (secondary N) is 4. The Balaban J connectivity index is 2.19. The highest BCUT2D eigenvalue weighted by molar-refractivity contribution is 5.96. The molecule has 0 aromatic heterocycles. The van der Waals surface area contributed by atoms with Crippen molar-refractivity contribution in [3.63, 3.8) is 0 Å². The van der Waals surface area contributed by atoms with E-state index >= 15 is 0 Å². The van der Waals surface area contributed by atoms with Crippen molar-refractivity contribution in [2.24, 2.45) is 11.5 Å². The molecule has 14 heteroatoms. The van der Waals surface area contributed by atoms with Gasteiger partial charge >= 0.3 is 5.97 Å². The molecule has 2 rings (SSSR count). The standard InChI is InChI=1S/C23H32N6O8/c24-18(31)8-7-15(23(36)37)27-22(35)17(11-19(25)32)29-21(34)16(10-12-3-5-13(30)6-4-12)28-20(33)14-2-1-9-26-14/h3-6,14-17,26,30H,1-2,7-11H2,(H2,24,31)(H2,25,32)(H,27,35)(H,28,33)(H,29,34)(H,36,37). The number of aliphatic carboxylic acids is 1. The molecular weight excluding hydrogens is 488 g/mol. The number of hydrogen-bond acceptors (Lipinski definition) is 8. The fraction of sp³-hybridized carbons (Fsp3) is 0.478. The molecule has 1 heterocycles. The first-order chi connectivity index (χ1) is 17.5. The van der Waals surface area contributed by atoms with Gasteiger partial charge in [-0.2, -0.15) is 0 Å². The number of carbonyl (C=O) groups is 6. The van der Waals surface area contributed by atoms with Crippen molar-refractivity contribution >= 4 is 35.5 Å². The Morgan fingerprint density at radius 1 is 0.919 bits per heavy atom. The Morgan fingerprint density at radius 3 is 2.08 bits per heavy atom. The van der Waals surface area contributed by atoms with E-state index in [1.54, 1.807) is 12.1 Å². The lowest BCUT2D eigenvalue weighted by Gasteiger charge is -2.25. The number of phenolic OH excluding ortho intramolecular Hbond substituents is 1. The van der Waals surface area contributed by atoms with Crippen LogP contribution in [0.5, 0.6) is 5.75 Å². The summed E-state index contributed by atoms with van der Waals surface area (Å²) < 4.78 is 0. The van der Waals surface area contributed by atoms with E-state index < -0.39 is 66.1 Å². The molecule has 202 valence electrons. The number of rotatable bonds is 14. The van der Waals surface area contributed by atoms with Crippen molar-refractivity contribution in [1.82, 2.24) is 21.3 Å². The van der Waals surface area contributed by atoms with E-state index in [9.17, 15) is 39.0 Å². The van der Waals surface area contributed by atoms with Gasteiger partial charge in [0.2, 0.25) is 29.5 Å². The molecule has 1 aromatic rings. The van der Waals surface area contributed by atoms with Gasteiger partial charge in [0.05, 0.1) is 12.5 Å². The molecule has 1 aromatic carbocycles. The van der Waals surface area contributed by atoms with Gasteiger partial charge < -0.3 is 42.9 Å². The summed E-state index contributed by atoms with van der Waals surface area (Å²) in [5, 5.41) is 29.1. The van der Waals surface area contributed by atoms with Gasteiger partial charge in [-0.05, 0) is 43.5 Å². The summed E-state index contributed by atoms with van der Waals surface area (Å²) in [5.41, 5.74) is 10.8. The van der Waals surface area contributed by atoms with Crippen molar-refractivity contribution in [1.29, 1.82) is 0 Å². The van der Waals surface area contributed by atoms with Crippen LogP contribution in [0.3, 0.4) is 0 Å². The van der Waals surface area contributed by atoms with Crippen molar-refractivity contribution in [2.75, 3.05) is 6.54 Å². The van der Waals surface area contributed by atoms with E-state index in [0.717, 1.165) is 6.42 Å². The number of carbonyl (C=O) groups excluding carboxylic acids is 5. The topological polar surface area (TPSA) is 243 Å². The van der Waals surface area contributed by atoms with E-state index in [-0.39, 0.29) is 25.0 Å². The van der Waals surface area contributed by atoms with Crippen molar-refractivity contribution in [3.8, 4) is 5.75 Å². The zero-order valence-electron chi connectivity index (χ0n) is 20.1. The fourth-order valence-electron chi connectivity index (χ4n) is 3.76. The predicted octanol–water partition coefficient (Wildman–Crippen LogP) is -2.63. The maximum absolute atomic E-state index is 13.2. The molecule has 37 heavy (non-hydrogen) atoms. The summed E-state index contributed by atoms with van der Waals surface area (Å²) in [6.45, 7) is 0.647. The minimum atomic E-state index is -1.55.